The van der Waals surface area contributed by atoms with E-state index in [1.165, 1.54) is 10.9 Å². The highest BCUT2D eigenvalue weighted by molar-refractivity contribution is 5.93. The Labute approximate surface area is 144 Å². The van der Waals surface area contributed by atoms with Crippen molar-refractivity contribution in [3.8, 4) is 0 Å². The summed E-state index contributed by atoms with van der Waals surface area (Å²) in [6.45, 7) is 3.67. The van der Waals surface area contributed by atoms with E-state index in [-0.39, 0.29) is 18.4 Å². The van der Waals surface area contributed by atoms with Gasteiger partial charge in [-0.2, -0.15) is 0 Å². The minimum atomic E-state index is -0.245. The third kappa shape index (κ3) is 3.65. The Morgan fingerprint density at radius 3 is 2.76 bits per heavy atom. The Balaban J connectivity index is 1.65. The molecule has 9 heteroatoms. The fraction of sp³-hybridized carbons (Fsp3) is 0.312. The van der Waals surface area contributed by atoms with Crippen molar-refractivity contribution in [2.45, 2.75) is 26.8 Å². The first kappa shape index (κ1) is 16.6. The summed E-state index contributed by atoms with van der Waals surface area (Å²) in [7, 11) is 1.95. The number of imidazole rings is 1. The van der Waals surface area contributed by atoms with Gasteiger partial charge in [0.1, 0.15) is 12.4 Å². The number of fused-ring (bicyclic) bond motifs is 1. The lowest BCUT2D eigenvalue weighted by molar-refractivity contribution is -0.117. The normalized spacial score (nSPS) is 10.8. The van der Waals surface area contributed by atoms with Crippen LogP contribution in [0.1, 0.15) is 19.2 Å². The van der Waals surface area contributed by atoms with E-state index in [2.05, 4.69) is 25.9 Å². The molecule has 0 saturated carbocycles. The predicted octanol–water partition coefficient (Wildman–Crippen LogP) is 1.46. The zero-order valence-corrected chi connectivity index (χ0v) is 14.3. The number of amides is 2. The third-order valence-electron chi connectivity index (χ3n) is 3.82. The lowest BCUT2D eigenvalue weighted by Crippen LogP contribution is -2.19. The van der Waals surface area contributed by atoms with Crippen LogP contribution in [0.2, 0.25) is 0 Å². The highest BCUT2D eigenvalue weighted by atomic mass is 16.2. The Morgan fingerprint density at radius 1 is 1.20 bits per heavy atom. The maximum atomic E-state index is 12.2. The molecule has 0 spiro atoms. The van der Waals surface area contributed by atoms with Crippen LogP contribution in [0, 0.1) is 6.92 Å². The summed E-state index contributed by atoms with van der Waals surface area (Å²) in [5.41, 5.74) is 2.49. The standard InChI is InChI=1S/C16H19N7O2/c1-4-15(24)19-14-8-23(21-20-14)9-16(25)18-11-5-6-13-12(7-11)17-10(2)22(13)3/h5-8H,4,9H2,1-3H3,(H,18,25)(H,19,24). The minimum Gasteiger partial charge on any atom is -0.331 e. The summed E-state index contributed by atoms with van der Waals surface area (Å²) in [6, 6.07) is 5.57. The first-order valence-corrected chi connectivity index (χ1v) is 7.89. The topological polar surface area (TPSA) is 107 Å². The fourth-order valence-corrected chi connectivity index (χ4v) is 2.41. The molecule has 2 N–H and O–H groups in total. The van der Waals surface area contributed by atoms with E-state index in [0.29, 0.717) is 17.9 Å². The zero-order valence-electron chi connectivity index (χ0n) is 14.3. The Kier molecular flexibility index (Phi) is 4.46. The highest BCUT2D eigenvalue weighted by Crippen LogP contribution is 2.19. The lowest BCUT2D eigenvalue weighted by atomic mass is 10.2. The smallest absolute Gasteiger partial charge is 0.246 e. The summed E-state index contributed by atoms with van der Waals surface area (Å²) in [5, 5.41) is 13.0. The van der Waals surface area contributed by atoms with Crippen LogP contribution < -0.4 is 10.6 Å². The molecule has 0 atom stereocenters. The number of nitrogens with zero attached hydrogens (tertiary/aromatic N) is 5. The molecule has 1 aromatic carbocycles. The lowest BCUT2D eigenvalue weighted by Gasteiger charge is -2.05. The molecule has 0 aliphatic carbocycles. The average molecular weight is 341 g/mol. The van der Waals surface area contributed by atoms with E-state index >= 15 is 0 Å². The van der Waals surface area contributed by atoms with Crippen LogP contribution in [0.25, 0.3) is 11.0 Å². The summed E-state index contributed by atoms with van der Waals surface area (Å²) in [6.07, 6.45) is 1.86. The van der Waals surface area contributed by atoms with Crippen LogP contribution in [-0.4, -0.2) is 36.4 Å². The average Bonchev–Trinajstić information content (AvgIpc) is 3.11. The van der Waals surface area contributed by atoms with Gasteiger partial charge < -0.3 is 15.2 Å². The van der Waals surface area contributed by atoms with Gasteiger partial charge in [-0.05, 0) is 25.1 Å². The van der Waals surface area contributed by atoms with Crippen LogP contribution in [0.4, 0.5) is 11.5 Å². The molecular weight excluding hydrogens is 322 g/mol. The second-order valence-corrected chi connectivity index (χ2v) is 5.67. The van der Waals surface area contributed by atoms with Gasteiger partial charge in [-0.3, -0.25) is 9.59 Å². The SMILES string of the molecule is CCC(=O)Nc1cn(CC(=O)Nc2ccc3c(c2)nc(C)n3C)nn1. The molecule has 130 valence electrons. The van der Waals surface area contributed by atoms with E-state index in [9.17, 15) is 9.59 Å². The number of carbonyl (C=O) groups is 2. The Morgan fingerprint density at radius 2 is 2.00 bits per heavy atom. The first-order chi connectivity index (χ1) is 12.0. The molecule has 0 fully saturated rings. The van der Waals surface area contributed by atoms with Gasteiger partial charge in [0.15, 0.2) is 5.82 Å². The van der Waals surface area contributed by atoms with Gasteiger partial charge in [0.2, 0.25) is 11.8 Å². The van der Waals surface area contributed by atoms with Crippen LogP contribution in [0.15, 0.2) is 24.4 Å². The number of hydrogen-bond donors (Lipinski definition) is 2. The number of aromatic nitrogens is 5. The minimum absolute atomic E-state index is 0.00568. The van der Waals surface area contributed by atoms with E-state index < -0.39 is 0 Å². The molecular formula is C16H19N7O2. The summed E-state index contributed by atoms with van der Waals surface area (Å²) < 4.78 is 3.35. The molecule has 3 rings (SSSR count). The van der Waals surface area contributed by atoms with Gasteiger partial charge in [-0.15, -0.1) is 5.10 Å². The molecule has 0 unspecified atom stereocenters. The Hall–Kier alpha value is -3.23. The van der Waals surface area contributed by atoms with Gasteiger partial charge in [-0.25, -0.2) is 9.67 Å². The predicted molar refractivity (Wildman–Crippen MR) is 93.0 cm³/mol. The molecule has 25 heavy (non-hydrogen) atoms. The van der Waals surface area contributed by atoms with Crippen LogP contribution >= 0.6 is 0 Å². The van der Waals surface area contributed by atoms with E-state index in [1.54, 1.807) is 6.92 Å². The highest BCUT2D eigenvalue weighted by Gasteiger charge is 2.10. The van der Waals surface area contributed by atoms with Crippen molar-refractivity contribution < 1.29 is 9.59 Å². The summed E-state index contributed by atoms with van der Waals surface area (Å²) in [4.78, 5) is 27.9. The van der Waals surface area contributed by atoms with Gasteiger partial charge in [0, 0.05) is 19.2 Å². The first-order valence-electron chi connectivity index (χ1n) is 7.89. The van der Waals surface area contributed by atoms with Crippen molar-refractivity contribution in [1.82, 2.24) is 24.5 Å². The number of rotatable bonds is 5. The maximum Gasteiger partial charge on any atom is 0.246 e. The Bertz CT molecular complexity index is 941. The fourth-order valence-electron chi connectivity index (χ4n) is 2.41. The maximum absolute atomic E-state index is 12.2. The van der Waals surface area contributed by atoms with Crippen LogP contribution in [-0.2, 0) is 23.2 Å². The van der Waals surface area contributed by atoms with Crippen LogP contribution in [0.5, 0.6) is 0 Å². The van der Waals surface area contributed by atoms with Crippen molar-refractivity contribution >= 4 is 34.4 Å². The van der Waals surface area contributed by atoms with Crippen molar-refractivity contribution in [2.75, 3.05) is 10.6 Å². The molecule has 2 heterocycles. The number of nitrogens with one attached hydrogen (secondary N) is 2. The number of benzene rings is 1. The number of carbonyl (C=O) groups excluding carboxylic acids is 2. The molecule has 0 saturated heterocycles. The quantitative estimate of drug-likeness (QED) is 0.731. The molecule has 0 aliphatic heterocycles. The van der Waals surface area contributed by atoms with Gasteiger partial charge in [0.25, 0.3) is 0 Å². The molecule has 2 amide bonds. The van der Waals surface area contributed by atoms with Crippen molar-refractivity contribution in [3.63, 3.8) is 0 Å². The monoisotopic (exact) mass is 341 g/mol. The van der Waals surface area contributed by atoms with Gasteiger partial charge in [-0.1, -0.05) is 12.1 Å². The molecule has 3 aromatic rings. The molecule has 0 bridgehead atoms. The number of anilines is 2. The summed E-state index contributed by atoms with van der Waals surface area (Å²) in [5.74, 6) is 0.827. The van der Waals surface area contributed by atoms with Crippen molar-refractivity contribution in [2.24, 2.45) is 7.05 Å². The second-order valence-electron chi connectivity index (χ2n) is 5.67. The molecule has 0 aliphatic rings. The van der Waals surface area contributed by atoms with Crippen LogP contribution in [0.3, 0.4) is 0 Å². The number of hydrogen-bond acceptors (Lipinski definition) is 5. The zero-order chi connectivity index (χ0) is 18.0. The second kappa shape index (κ2) is 6.71. The summed E-state index contributed by atoms with van der Waals surface area (Å²) >= 11 is 0. The van der Waals surface area contributed by atoms with Crippen molar-refractivity contribution in [1.29, 1.82) is 0 Å². The molecule has 0 radical (unpaired) electrons. The van der Waals surface area contributed by atoms with E-state index in [1.807, 2.05) is 36.7 Å². The van der Waals surface area contributed by atoms with Gasteiger partial charge >= 0.3 is 0 Å². The van der Waals surface area contributed by atoms with E-state index in [0.717, 1.165) is 16.9 Å². The van der Waals surface area contributed by atoms with E-state index in [4.69, 9.17) is 0 Å². The molecule has 2 aromatic heterocycles. The third-order valence-corrected chi connectivity index (χ3v) is 3.82. The molecule has 9 nitrogen and oxygen atoms in total. The number of aryl methyl sites for hydroxylation is 2. The largest absolute Gasteiger partial charge is 0.331 e. The van der Waals surface area contributed by atoms with Crippen molar-refractivity contribution in [3.05, 3.63) is 30.2 Å². The van der Waals surface area contributed by atoms with Gasteiger partial charge in [0.05, 0.1) is 17.2 Å².